The molecule has 0 fully saturated rings. The van der Waals surface area contributed by atoms with Crippen LogP contribution in [0.1, 0.15) is 23.7 Å². The summed E-state index contributed by atoms with van der Waals surface area (Å²) in [7, 11) is 1.61. The van der Waals surface area contributed by atoms with Crippen molar-refractivity contribution in [1.29, 1.82) is 0 Å². The molecule has 16 heavy (non-hydrogen) atoms. The zero-order valence-corrected chi connectivity index (χ0v) is 9.56. The topological polar surface area (TPSA) is 38.7 Å². The molecule has 0 aromatic heterocycles. The minimum absolute atomic E-state index is 0.627. The Kier molecular flexibility index (Phi) is 3.15. The van der Waals surface area contributed by atoms with Crippen LogP contribution in [-0.2, 0) is 4.74 Å². The van der Waals surface area contributed by atoms with Crippen LogP contribution in [-0.4, -0.2) is 18.8 Å². The third-order valence-electron chi connectivity index (χ3n) is 2.69. The van der Waals surface area contributed by atoms with E-state index in [1.165, 1.54) is 0 Å². The van der Waals surface area contributed by atoms with Crippen molar-refractivity contribution >= 4 is 0 Å². The molecule has 1 heterocycles. The van der Waals surface area contributed by atoms with Crippen molar-refractivity contribution in [3.05, 3.63) is 41.2 Å². The lowest BCUT2D eigenvalue weighted by Gasteiger charge is -2.16. The molecule has 0 aliphatic carbocycles. The Balaban J connectivity index is 2.31. The van der Waals surface area contributed by atoms with E-state index >= 15 is 0 Å². The highest BCUT2D eigenvalue weighted by Crippen LogP contribution is 2.32. The van der Waals surface area contributed by atoms with E-state index in [-0.39, 0.29) is 0 Å². The third-order valence-corrected chi connectivity index (χ3v) is 2.69. The van der Waals surface area contributed by atoms with E-state index < -0.39 is 6.10 Å². The first-order valence-corrected chi connectivity index (χ1v) is 5.38. The maximum Gasteiger partial charge on any atom is 0.139 e. The molecular formula is C13H16O3. The summed E-state index contributed by atoms with van der Waals surface area (Å²) in [5.41, 5.74) is 1.86. The van der Waals surface area contributed by atoms with Crippen molar-refractivity contribution in [2.75, 3.05) is 13.7 Å². The second-order valence-corrected chi connectivity index (χ2v) is 3.89. The molecule has 0 radical (unpaired) electrons. The quantitative estimate of drug-likeness (QED) is 0.849. The number of aliphatic hydroxyl groups is 1. The van der Waals surface area contributed by atoms with Crippen molar-refractivity contribution in [2.24, 2.45) is 0 Å². The molecule has 1 atom stereocenters. The molecule has 1 aromatic rings. The third kappa shape index (κ3) is 2.04. The molecule has 0 saturated heterocycles. The average Bonchev–Trinajstić information content (AvgIpc) is 2.81. The molecule has 0 spiro atoms. The highest BCUT2D eigenvalue weighted by Gasteiger charge is 2.21. The normalized spacial score (nSPS) is 16.6. The van der Waals surface area contributed by atoms with Gasteiger partial charge < -0.3 is 14.6 Å². The molecule has 0 amide bonds. The first kappa shape index (κ1) is 11.0. The van der Waals surface area contributed by atoms with Crippen LogP contribution in [0, 0.1) is 6.92 Å². The largest absolute Gasteiger partial charge is 0.496 e. The Morgan fingerprint density at radius 2 is 2.25 bits per heavy atom. The summed E-state index contributed by atoms with van der Waals surface area (Å²) in [6.07, 6.45) is 2.06. The van der Waals surface area contributed by atoms with E-state index in [0.717, 1.165) is 17.5 Å². The maximum atomic E-state index is 10.1. The molecular weight excluding hydrogens is 204 g/mol. The van der Waals surface area contributed by atoms with Gasteiger partial charge in [0.05, 0.1) is 13.7 Å². The number of ether oxygens (including phenoxy) is 2. The smallest absolute Gasteiger partial charge is 0.139 e. The van der Waals surface area contributed by atoms with Crippen molar-refractivity contribution in [2.45, 2.75) is 19.4 Å². The van der Waals surface area contributed by atoms with E-state index in [4.69, 9.17) is 9.47 Å². The summed E-state index contributed by atoms with van der Waals surface area (Å²) in [4.78, 5) is 0. The monoisotopic (exact) mass is 220 g/mol. The molecule has 1 N–H and O–H groups in total. The molecule has 2 rings (SSSR count). The van der Waals surface area contributed by atoms with Crippen LogP contribution < -0.4 is 4.74 Å². The molecule has 0 saturated carbocycles. The van der Waals surface area contributed by atoms with Crippen LogP contribution in [0.5, 0.6) is 5.75 Å². The number of methoxy groups -OCH3 is 1. The fourth-order valence-electron chi connectivity index (χ4n) is 1.82. The summed E-state index contributed by atoms with van der Waals surface area (Å²) in [5, 5.41) is 10.1. The molecule has 1 aromatic carbocycles. The Labute approximate surface area is 95.3 Å². The maximum absolute atomic E-state index is 10.1. The van der Waals surface area contributed by atoms with Gasteiger partial charge in [-0.15, -0.1) is 0 Å². The number of benzene rings is 1. The van der Waals surface area contributed by atoms with Crippen molar-refractivity contribution in [1.82, 2.24) is 0 Å². The summed E-state index contributed by atoms with van der Waals surface area (Å²) >= 11 is 0. The van der Waals surface area contributed by atoms with Gasteiger partial charge in [-0.2, -0.15) is 0 Å². The van der Waals surface area contributed by atoms with Gasteiger partial charge in [-0.05, 0) is 24.6 Å². The van der Waals surface area contributed by atoms with Crippen LogP contribution in [0.15, 0.2) is 30.0 Å². The minimum Gasteiger partial charge on any atom is -0.496 e. The molecule has 1 unspecified atom stereocenters. The number of rotatable bonds is 3. The predicted octanol–water partition coefficient (Wildman–Crippen LogP) is 2.34. The van der Waals surface area contributed by atoms with E-state index in [2.05, 4.69) is 0 Å². The Hall–Kier alpha value is -1.48. The lowest BCUT2D eigenvalue weighted by molar-refractivity contribution is 0.117. The molecule has 3 nitrogen and oxygen atoms in total. The fraction of sp³-hybridized carbons (Fsp3) is 0.385. The molecule has 86 valence electrons. The van der Waals surface area contributed by atoms with Crippen molar-refractivity contribution in [3.63, 3.8) is 0 Å². The van der Waals surface area contributed by atoms with Crippen LogP contribution in [0.2, 0.25) is 0 Å². The van der Waals surface area contributed by atoms with Gasteiger partial charge in [0.2, 0.25) is 0 Å². The van der Waals surface area contributed by atoms with Gasteiger partial charge in [0.1, 0.15) is 17.6 Å². The number of hydrogen-bond donors (Lipinski definition) is 1. The second-order valence-electron chi connectivity index (χ2n) is 3.89. The highest BCUT2D eigenvalue weighted by atomic mass is 16.5. The van der Waals surface area contributed by atoms with Gasteiger partial charge in [0.25, 0.3) is 0 Å². The zero-order valence-electron chi connectivity index (χ0n) is 9.56. The van der Waals surface area contributed by atoms with Gasteiger partial charge >= 0.3 is 0 Å². The number of aryl methyl sites for hydroxylation is 1. The average molecular weight is 220 g/mol. The standard InChI is InChI=1S/C13H16O3/c1-9-5-6-10(12(8-9)15-2)13(14)11-4-3-7-16-11/h4-6,8,13-14H,3,7H2,1-2H3. The van der Waals surface area contributed by atoms with Gasteiger partial charge in [0, 0.05) is 12.0 Å². The van der Waals surface area contributed by atoms with Gasteiger partial charge in [-0.3, -0.25) is 0 Å². The van der Waals surface area contributed by atoms with E-state index in [1.54, 1.807) is 7.11 Å². The van der Waals surface area contributed by atoms with Crippen LogP contribution >= 0.6 is 0 Å². The van der Waals surface area contributed by atoms with E-state index in [1.807, 2.05) is 31.2 Å². The van der Waals surface area contributed by atoms with Crippen molar-refractivity contribution in [3.8, 4) is 5.75 Å². The molecule has 1 aliphatic rings. The van der Waals surface area contributed by atoms with Gasteiger partial charge in [0.15, 0.2) is 0 Å². The zero-order chi connectivity index (χ0) is 11.5. The first-order chi connectivity index (χ1) is 7.72. The van der Waals surface area contributed by atoms with Gasteiger partial charge in [-0.1, -0.05) is 12.1 Å². The molecule has 0 bridgehead atoms. The Morgan fingerprint density at radius 3 is 2.88 bits per heavy atom. The number of hydrogen-bond acceptors (Lipinski definition) is 3. The SMILES string of the molecule is COc1cc(C)ccc1C(O)C1=CCCO1. The molecule has 3 heteroatoms. The second kappa shape index (κ2) is 4.58. The van der Waals surface area contributed by atoms with E-state index in [0.29, 0.717) is 18.1 Å². The van der Waals surface area contributed by atoms with E-state index in [9.17, 15) is 5.11 Å². The summed E-state index contributed by atoms with van der Waals surface area (Å²) in [6.45, 7) is 2.64. The minimum atomic E-state index is -0.724. The summed E-state index contributed by atoms with van der Waals surface area (Å²) in [6, 6.07) is 5.74. The molecule has 1 aliphatic heterocycles. The lowest BCUT2D eigenvalue weighted by atomic mass is 10.0. The van der Waals surface area contributed by atoms with Gasteiger partial charge in [-0.25, -0.2) is 0 Å². The summed E-state index contributed by atoms with van der Waals surface area (Å²) < 4.78 is 10.6. The van der Waals surface area contributed by atoms with Crippen LogP contribution in [0.25, 0.3) is 0 Å². The van der Waals surface area contributed by atoms with Crippen LogP contribution in [0.4, 0.5) is 0 Å². The Bertz CT molecular complexity index is 410. The Morgan fingerprint density at radius 1 is 1.44 bits per heavy atom. The van der Waals surface area contributed by atoms with Crippen molar-refractivity contribution < 1.29 is 14.6 Å². The first-order valence-electron chi connectivity index (χ1n) is 5.38. The lowest BCUT2D eigenvalue weighted by Crippen LogP contribution is -2.04. The number of aliphatic hydroxyl groups excluding tert-OH is 1. The fourth-order valence-corrected chi connectivity index (χ4v) is 1.82. The van der Waals surface area contributed by atoms with Crippen LogP contribution in [0.3, 0.4) is 0 Å². The summed E-state index contributed by atoms with van der Waals surface area (Å²) in [5.74, 6) is 1.33. The predicted molar refractivity (Wildman–Crippen MR) is 61.3 cm³/mol. The highest BCUT2D eigenvalue weighted by molar-refractivity contribution is 5.41.